The van der Waals surface area contributed by atoms with E-state index in [1.165, 1.54) is 0 Å². The molecule has 2 aliphatic rings. The second-order valence-electron chi connectivity index (χ2n) is 9.29. The first-order valence-corrected chi connectivity index (χ1v) is 8.95. The molecular formula is C21H29NO2. The third-order valence-electron chi connectivity index (χ3n) is 5.39. The van der Waals surface area contributed by atoms with Crippen LogP contribution in [-0.4, -0.2) is 17.3 Å². The summed E-state index contributed by atoms with van der Waals surface area (Å²) < 4.78 is 5.84. The maximum atomic E-state index is 13.2. The first-order valence-electron chi connectivity index (χ1n) is 8.95. The summed E-state index contributed by atoms with van der Waals surface area (Å²) in [6.07, 6.45) is 2.69. The molecule has 1 saturated carbocycles. The number of aliphatic imine (C=N–C) groups is 1. The fourth-order valence-electron chi connectivity index (χ4n) is 3.99. The number of carbonyl (C=O) groups excluding carboxylic acids is 1. The number of esters is 1. The lowest BCUT2D eigenvalue weighted by Crippen LogP contribution is -2.50. The van der Waals surface area contributed by atoms with Gasteiger partial charge in [-0.15, -0.1) is 0 Å². The molecule has 130 valence electrons. The van der Waals surface area contributed by atoms with Gasteiger partial charge in [-0.25, -0.2) is 0 Å². The van der Waals surface area contributed by atoms with E-state index in [0.717, 1.165) is 36.2 Å². The Bertz CT molecular complexity index is 691. The van der Waals surface area contributed by atoms with E-state index in [1.54, 1.807) is 0 Å². The minimum absolute atomic E-state index is 0.133. The number of para-hydroxylation sites is 1. The molecule has 1 aliphatic carbocycles. The molecule has 24 heavy (non-hydrogen) atoms. The Hall–Kier alpha value is -1.64. The van der Waals surface area contributed by atoms with Gasteiger partial charge in [-0.05, 0) is 57.4 Å². The highest BCUT2D eigenvalue weighted by Gasteiger charge is 2.55. The SMILES string of the molecule is CC(C)(C)OC(=O)C12CC[C@@H](C(C)(C)C)CC1=Nc1ccccc12. The Morgan fingerprint density at radius 2 is 1.83 bits per heavy atom. The molecule has 0 N–H and O–H groups in total. The zero-order valence-electron chi connectivity index (χ0n) is 15.8. The van der Waals surface area contributed by atoms with Gasteiger partial charge in [0.2, 0.25) is 0 Å². The van der Waals surface area contributed by atoms with Gasteiger partial charge in [0.05, 0.1) is 5.69 Å². The lowest BCUT2D eigenvalue weighted by Gasteiger charge is -2.42. The van der Waals surface area contributed by atoms with Crippen LogP contribution in [0.25, 0.3) is 0 Å². The van der Waals surface area contributed by atoms with E-state index >= 15 is 0 Å². The van der Waals surface area contributed by atoms with E-state index in [2.05, 4.69) is 20.8 Å². The lowest BCUT2D eigenvalue weighted by atomic mass is 9.61. The molecule has 0 aromatic heterocycles. The first-order chi connectivity index (χ1) is 11.0. The number of carbonyl (C=O) groups is 1. The number of benzene rings is 1. The summed E-state index contributed by atoms with van der Waals surface area (Å²) in [5, 5.41) is 0. The quantitative estimate of drug-likeness (QED) is 0.665. The molecule has 1 unspecified atom stereocenters. The number of nitrogens with zero attached hydrogens (tertiary/aromatic N) is 1. The van der Waals surface area contributed by atoms with Crippen LogP contribution >= 0.6 is 0 Å². The van der Waals surface area contributed by atoms with Gasteiger partial charge >= 0.3 is 5.97 Å². The molecule has 0 amide bonds. The van der Waals surface area contributed by atoms with Crippen molar-refractivity contribution in [1.82, 2.24) is 0 Å². The van der Waals surface area contributed by atoms with E-state index in [-0.39, 0.29) is 11.4 Å². The molecule has 1 aromatic rings. The van der Waals surface area contributed by atoms with Crippen LogP contribution in [0.2, 0.25) is 0 Å². The third-order valence-corrected chi connectivity index (χ3v) is 5.39. The standard InChI is InChI=1S/C21H29NO2/c1-19(2,3)14-11-12-21(18(23)24-20(4,5)6)15-9-7-8-10-16(15)22-17(21)13-14/h7-10,14H,11-13H2,1-6H3/t14-,21?/m1/s1. The smallest absolute Gasteiger partial charge is 0.322 e. The number of fused-ring (bicyclic) bond motifs is 3. The third kappa shape index (κ3) is 2.78. The average Bonchev–Trinajstić information content (AvgIpc) is 2.79. The van der Waals surface area contributed by atoms with Crippen molar-refractivity contribution >= 4 is 17.4 Å². The lowest BCUT2D eigenvalue weighted by molar-refractivity contribution is -0.160. The Kier molecular flexibility index (Phi) is 3.89. The van der Waals surface area contributed by atoms with Crippen molar-refractivity contribution in [2.24, 2.45) is 16.3 Å². The normalized spacial score (nSPS) is 26.4. The molecule has 3 nitrogen and oxygen atoms in total. The highest BCUT2D eigenvalue weighted by atomic mass is 16.6. The first kappa shape index (κ1) is 17.2. The van der Waals surface area contributed by atoms with Crippen molar-refractivity contribution in [3.63, 3.8) is 0 Å². The van der Waals surface area contributed by atoms with Crippen LogP contribution in [0.3, 0.4) is 0 Å². The predicted molar refractivity (Wildman–Crippen MR) is 97.9 cm³/mol. The fourth-order valence-corrected chi connectivity index (χ4v) is 3.99. The largest absolute Gasteiger partial charge is 0.459 e. The molecular weight excluding hydrogens is 298 g/mol. The zero-order valence-corrected chi connectivity index (χ0v) is 15.8. The molecule has 1 aromatic carbocycles. The zero-order chi connectivity index (χ0) is 17.8. The number of rotatable bonds is 1. The minimum atomic E-state index is -0.675. The number of hydrogen-bond donors (Lipinski definition) is 0. The molecule has 1 heterocycles. The fraction of sp³-hybridized carbons (Fsp3) is 0.619. The number of ether oxygens (including phenoxy) is 1. The topological polar surface area (TPSA) is 38.7 Å². The van der Waals surface area contributed by atoms with Crippen molar-refractivity contribution in [1.29, 1.82) is 0 Å². The van der Waals surface area contributed by atoms with E-state index in [9.17, 15) is 4.79 Å². The van der Waals surface area contributed by atoms with Gasteiger partial charge in [0.1, 0.15) is 11.0 Å². The summed E-state index contributed by atoms with van der Waals surface area (Å²) in [6, 6.07) is 8.05. The van der Waals surface area contributed by atoms with Gasteiger partial charge in [0, 0.05) is 11.3 Å². The van der Waals surface area contributed by atoms with Crippen LogP contribution in [0, 0.1) is 11.3 Å². The van der Waals surface area contributed by atoms with Gasteiger partial charge in [-0.1, -0.05) is 39.0 Å². The van der Waals surface area contributed by atoms with Gasteiger partial charge in [0.15, 0.2) is 0 Å². The maximum Gasteiger partial charge on any atom is 0.322 e. The molecule has 1 fully saturated rings. The molecule has 3 rings (SSSR count). The van der Waals surface area contributed by atoms with Crippen LogP contribution in [0.4, 0.5) is 5.69 Å². The second kappa shape index (κ2) is 5.44. The maximum absolute atomic E-state index is 13.2. The molecule has 1 aliphatic heterocycles. The predicted octanol–water partition coefficient (Wildman–Crippen LogP) is 5.20. The molecule has 3 heteroatoms. The molecule has 0 spiro atoms. The summed E-state index contributed by atoms with van der Waals surface area (Å²) in [6.45, 7) is 12.6. The van der Waals surface area contributed by atoms with E-state index in [0.29, 0.717) is 5.92 Å². The van der Waals surface area contributed by atoms with Crippen LogP contribution in [0.15, 0.2) is 29.3 Å². The highest BCUT2D eigenvalue weighted by Crippen LogP contribution is 2.52. The average molecular weight is 327 g/mol. The van der Waals surface area contributed by atoms with Crippen LogP contribution in [-0.2, 0) is 14.9 Å². The summed E-state index contributed by atoms with van der Waals surface area (Å²) in [5.41, 5.74) is 2.02. The van der Waals surface area contributed by atoms with E-state index in [1.807, 2.05) is 45.0 Å². The van der Waals surface area contributed by atoms with Crippen molar-refractivity contribution in [3.8, 4) is 0 Å². The van der Waals surface area contributed by atoms with Gasteiger partial charge in [0.25, 0.3) is 0 Å². The van der Waals surface area contributed by atoms with Crippen LogP contribution < -0.4 is 0 Å². The van der Waals surface area contributed by atoms with Gasteiger partial charge in [-0.2, -0.15) is 0 Å². The molecule has 2 atom stereocenters. The monoisotopic (exact) mass is 327 g/mol. The Labute approximate surface area is 145 Å². The van der Waals surface area contributed by atoms with Gasteiger partial charge in [-0.3, -0.25) is 9.79 Å². The van der Waals surface area contributed by atoms with Crippen molar-refractivity contribution in [2.45, 2.75) is 71.8 Å². The minimum Gasteiger partial charge on any atom is -0.459 e. The Morgan fingerprint density at radius 3 is 2.46 bits per heavy atom. The summed E-state index contributed by atoms with van der Waals surface area (Å²) in [7, 11) is 0. The highest BCUT2D eigenvalue weighted by molar-refractivity contribution is 6.17. The van der Waals surface area contributed by atoms with Crippen molar-refractivity contribution < 1.29 is 9.53 Å². The summed E-state index contributed by atoms with van der Waals surface area (Å²) >= 11 is 0. The van der Waals surface area contributed by atoms with E-state index < -0.39 is 11.0 Å². The van der Waals surface area contributed by atoms with Crippen LogP contribution in [0.5, 0.6) is 0 Å². The molecule has 0 bridgehead atoms. The summed E-state index contributed by atoms with van der Waals surface area (Å²) in [4.78, 5) is 18.1. The Balaban J connectivity index is 2.04. The van der Waals surface area contributed by atoms with E-state index in [4.69, 9.17) is 9.73 Å². The van der Waals surface area contributed by atoms with Gasteiger partial charge < -0.3 is 4.74 Å². The van der Waals surface area contributed by atoms with Crippen molar-refractivity contribution in [3.05, 3.63) is 29.8 Å². The van der Waals surface area contributed by atoms with Crippen molar-refractivity contribution in [2.75, 3.05) is 0 Å². The molecule has 0 saturated heterocycles. The Morgan fingerprint density at radius 1 is 1.17 bits per heavy atom. The number of hydrogen-bond acceptors (Lipinski definition) is 3. The van der Waals surface area contributed by atoms with Crippen LogP contribution in [0.1, 0.15) is 66.4 Å². The molecule has 0 radical (unpaired) electrons. The summed E-state index contributed by atoms with van der Waals surface area (Å²) in [5.74, 6) is 0.409. The second-order valence-corrected chi connectivity index (χ2v) is 9.29.